The second-order valence-electron chi connectivity index (χ2n) is 5.66. The molecule has 6 heteroatoms. The van der Waals surface area contributed by atoms with Gasteiger partial charge in [0, 0.05) is 29.9 Å². The summed E-state index contributed by atoms with van der Waals surface area (Å²) in [5.41, 5.74) is 1.78. The monoisotopic (exact) mass is 331 g/mol. The number of carbonyl (C=O) groups is 1. The van der Waals surface area contributed by atoms with E-state index in [9.17, 15) is 10.0 Å². The lowest BCUT2D eigenvalue weighted by Crippen LogP contribution is -2.29. The normalized spacial score (nSPS) is 16.3. The molecule has 0 unspecified atom stereocenters. The Balaban J connectivity index is 1.65. The van der Waals surface area contributed by atoms with E-state index in [1.807, 2.05) is 24.3 Å². The van der Waals surface area contributed by atoms with E-state index >= 15 is 0 Å². The Morgan fingerprint density at radius 1 is 1.22 bits per heavy atom. The number of carbonyl (C=O) groups excluding carboxylic acids is 1. The fraction of sp³-hybridized carbons (Fsp3) is 0.294. The Kier molecular flexibility index (Phi) is 4.91. The van der Waals surface area contributed by atoms with Gasteiger partial charge in [0.1, 0.15) is 5.82 Å². The summed E-state index contributed by atoms with van der Waals surface area (Å²) in [5.74, 6) is 0.656. The van der Waals surface area contributed by atoms with E-state index in [4.69, 9.17) is 11.6 Å². The molecule has 5 nitrogen and oxygen atoms in total. The average molecular weight is 332 g/mol. The Labute approximate surface area is 139 Å². The van der Waals surface area contributed by atoms with Gasteiger partial charge in [-0.2, -0.15) is 5.06 Å². The van der Waals surface area contributed by atoms with E-state index < -0.39 is 0 Å². The van der Waals surface area contributed by atoms with E-state index in [1.54, 1.807) is 18.3 Å². The summed E-state index contributed by atoms with van der Waals surface area (Å²) < 4.78 is 0. The molecule has 2 N–H and O–H groups in total. The van der Waals surface area contributed by atoms with Crippen LogP contribution in [0.25, 0.3) is 0 Å². The van der Waals surface area contributed by atoms with Gasteiger partial charge in [0.25, 0.3) is 5.91 Å². The largest absolute Gasteiger partial charge is 0.314 e. The number of benzene rings is 1. The molecule has 1 aliphatic rings. The first kappa shape index (κ1) is 15.9. The molecule has 23 heavy (non-hydrogen) atoms. The standard InChI is InChI=1S/C17H18ClN3O2/c18-15-5-8-19-16(11-15)20-17(22)14-3-1-12(2-4-14)13-6-9-21(23)10-7-13/h1-5,8,11,13,23H,6-7,9-10H2,(H,19,20,22). The van der Waals surface area contributed by atoms with Crippen molar-refractivity contribution in [2.75, 3.05) is 18.4 Å². The fourth-order valence-corrected chi connectivity index (χ4v) is 2.93. The highest BCUT2D eigenvalue weighted by atomic mass is 35.5. The lowest BCUT2D eigenvalue weighted by molar-refractivity contribution is -0.106. The van der Waals surface area contributed by atoms with Crippen molar-refractivity contribution in [2.45, 2.75) is 18.8 Å². The van der Waals surface area contributed by atoms with Crippen LogP contribution in [-0.2, 0) is 0 Å². The van der Waals surface area contributed by atoms with E-state index in [-0.39, 0.29) is 5.91 Å². The van der Waals surface area contributed by atoms with Gasteiger partial charge in [-0.15, -0.1) is 0 Å². The van der Waals surface area contributed by atoms with E-state index in [0.717, 1.165) is 12.8 Å². The van der Waals surface area contributed by atoms with Gasteiger partial charge in [-0.3, -0.25) is 4.79 Å². The van der Waals surface area contributed by atoms with Crippen LogP contribution >= 0.6 is 11.6 Å². The van der Waals surface area contributed by atoms with Gasteiger partial charge in [-0.05, 0) is 48.6 Å². The van der Waals surface area contributed by atoms with E-state index in [2.05, 4.69) is 10.3 Å². The topological polar surface area (TPSA) is 65.5 Å². The number of amides is 1. The predicted molar refractivity (Wildman–Crippen MR) is 89.0 cm³/mol. The number of piperidine rings is 1. The number of nitrogens with zero attached hydrogens (tertiary/aromatic N) is 2. The Morgan fingerprint density at radius 3 is 2.57 bits per heavy atom. The molecule has 0 saturated carbocycles. The molecule has 1 saturated heterocycles. The van der Waals surface area contributed by atoms with Crippen LogP contribution in [0.5, 0.6) is 0 Å². The van der Waals surface area contributed by atoms with Crippen molar-refractivity contribution in [1.29, 1.82) is 0 Å². The van der Waals surface area contributed by atoms with Crippen molar-refractivity contribution in [3.63, 3.8) is 0 Å². The van der Waals surface area contributed by atoms with Crippen LogP contribution in [0, 0.1) is 0 Å². The summed E-state index contributed by atoms with van der Waals surface area (Å²) in [6.45, 7) is 1.38. The number of nitrogens with one attached hydrogen (secondary N) is 1. The quantitative estimate of drug-likeness (QED) is 0.902. The number of halogens is 1. The van der Waals surface area contributed by atoms with Gasteiger partial charge in [0.2, 0.25) is 0 Å². The molecule has 1 aliphatic heterocycles. The summed E-state index contributed by atoms with van der Waals surface area (Å²) in [6.07, 6.45) is 3.40. The minimum absolute atomic E-state index is 0.212. The predicted octanol–water partition coefficient (Wildman–Crippen LogP) is 3.56. The smallest absolute Gasteiger partial charge is 0.256 e. The third kappa shape index (κ3) is 4.07. The van der Waals surface area contributed by atoms with Crippen molar-refractivity contribution < 1.29 is 10.0 Å². The summed E-state index contributed by atoms with van der Waals surface area (Å²) in [7, 11) is 0. The first-order valence-electron chi connectivity index (χ1n) is 7.58. The van der Waals surface area contributed by atoms with Crippen LogP contribution in [0.3, 0.4) is 0 Å². The molecule has 0 aliphatic carbocycles. The fourth-order valence-electron chi connectivity index (χ4n) is 2.77. The zero-order chi connectivity index (χ0) is 16.2. The van der Waals surface area contributed by atoms with Crippen molar-refractivity contribution in [1.82, 2.24) is 10.0 Å². The van der Waals surface area contributed by atoms with Gasteiger partial charge in [0.05, 0.1) is 0 Å². The molecule has 2 heterocycles. The molecule has 2 aromatic rings. The number of pyridine rings is 1. The first-order valence-corrected chi connectivity index (χ1v) is 7.96. The summed E-state index contributed by atoms with van der Waals surface area (Å²) >= 11 is 5.88. The molecule has 3 rings (SSSR count). The van der Waals surface area contributed by atoms with Crippen molar-refractivity contribution in [3.05, 3.63) is 58.7 Å². The second kappa shape index (κ2) is 7.08. The van der Waals surface area contributed by atoms with Gasteiger partial charge in [-0.25, -0.2) is 4.98 Å². The van der Waals surface area contributed by atoms with E-state index in [1.165, 1.54) is 10.6 Å². The minimum Gasteiger partial charge on any atom is -0.314 e. The maximum atomic E-state index is 12.2. The lowest BCUT2D eigenvalue weighted by atomic mass is 9.89. The van der Waals surface area contributed by atoms with Crippen LogP contribution in [0.15, 0.2) is 42.6 Å². The number of rotatable bonds is 3. The molecular formula is C17H18ClN3O2. The van der Waals surface area contributed by atoms with Crippen molar-refractivity contribution in [2.24, 2.45) is 0 Å². The zero-order valence-electron chi connectivity index (χ0n) is 12.6. The van der Waals surface area contributed by atoms with Gasteiger partial charge in [0.15, 0.2) is 0 Å². The number of anilines is 1. The SMILES string of the molecule is O=C(Nc1cc(Cl)ccn1)c1ccc(C2CCN(O)CC2)cc1. The third-order valence-electron chi connectivity index (χ3n) is 4.08. The summed E-state index contributed by atoms with van der Waals surface area (Å²) in [4.78, 5) is 16.3. The number of hydrogen-bond donors (Lipinski definition) is 2. The van der Waals surface area contributed by atoms with Crippen LogP contribution in [-0.4, -0.2) is 34.3 Å². The molecule has 0 spiro atoms. The summed E-state index contributed by atoms with van der Waals surface area (Å²) in [5, 5.41) is 14.0. The van der Waals surface area contributed by atoms with Crippen molar-refractivity contribution in [3.8, 4) is 0 Å². The molecule has 120 valence electrons. The lowest BCUT2D eigenvalue weighted by Gasteiger charge is -2.27. The molecule has 0 atom stereocenters. The zero-order valence-corrected chi connectivity index (χ0v) is 13.3. The molecule has 1 amide bonds. The van der Waals surface area contributed by atoms with Crippen LogP contribution in [0.2, 0.25) is 5.02 Å². The molecule has 0 bridgehead atoms. The summed E-state index contributed by atoms with van der Waals surface area (Å²) in [6, 6.07) is 10.9. The number of hydrogen-bond acceptors (Lipinski definition) is 4. The molecular weight excluding hydrogens is 314 g/mol. The highest BCUT2D eigenvalue weighted by molar-refractivity contribution is 6.30. The Morgan fingerprint density at radius 2 is 1.91 bits per heavy atom. The highest BCUT2D eigenvalue weighted by Gasteiger charge is 2.19. The Bertz CT molecular complexity index is 682. The maximum Gasteiger partial charge on any atom is 0.256 e. The first-order chi connectivity index (χ1) is 11.1. The van der Waals surface area contributed by atoms with E-state index in [0.29, 0.717) is 35.4 Å². The molecule has 1 aromatic carbocycles. The third-order valence-corrected chi connectivity index (χ3v) is 4.31. The number of aromatic nitrogens is 1. The van der Waals surface area contributed by atoms with Gasteiger partial charge < -0.3 is 10.5 Å². The second-order valence-corrected chi connectivity index (χ2v) is 6.10. The average Bonchev–Trinajstić information content (AvgIpc) is 2.56. The van der Waals surface area contributed by atoms with Gasteiger partial charge >= 0.3 is 0 Å². The maximum absolute atomic E-state index is 12.2. The van der Waals surface area contributed by atoms with Crippen molar-refractivity contribution >= 4 is 23.3 Å². The Hall–Kier alpha value is -1.95. The van der Waals surface area contributed by atoms with Crippen LogP contribution in [0.1, 0.15) is 34.7 Å². The number of hydroxylamine groups is 2. The van der Waals surface area contributed by atoms with Crippen LogP contribution < -0.4 is 5.32 Å². The van der Waals surface area contributed by atoms with Gasteiger partial charge in [-0.1, -0.05) is 23.7 Å². The molecule has 1 aromatic heterocycles. The molecule has 0 radical (unpaired) electrons. The molecule has 1 fully saturated rings. The van der Waals surface area contributed by atoms with Crippen LogP contribution in [0.4, 0.5) is 5.82 Å². The highest BCUT2D eigenvalue weighted by Crippen LogP contribution is 2.27. The minimum atomic E-state index is -0.212.